The van der Waals surface area contributed by atoms with Gasteiger partial charge in [-0.1, -0.05) is 17.7 Å². The maximum Gasteiger partial charge on any atom is 0.350 e. The predicted molar refractivity (Wildman–Crippen MR) is 116 cm³/mol. The molecule has 31 heavy (non-hydrogen) atoms. The van der Waals surface area contributed by atoms with E-state index in [9.17, 15) is 22.8 Å². The van der Waals surface area contributed by atoms with Crippen LogP contribution in [-0.4, -0.2) is 50.3 Å². The fourth-order valence-electron chi connectivity index (χ4n) is 3.18. The zero-order valence-electron chi connectivity index (χ0n) is 17.1. The van der Waals surface area contributed by atoms with Gasteiger partial charge in [0, 0.05) is 18.8 Å². The SMILES string of the molecule is Cc1ccc(NC(=O)NC(=O)COC(=O)c2sccc2S(=O)(=O)N2CCCC2)c(C)c1. The molecule has 0 bridgehead atoms. The number of sulfonamides is 1. The van der Waals surface area contributed by atoms with Crippen molar-refractivity contribution in [2.45, 2.75) is 31.6 Å². The number of aryl methyl sites for hydroxylation is 2. The minimum Gasteiger partial charge on any atom is -0.451 e. The maximum atomic E-state index is 12.7. The van der Waals surface area contributed by atoms with Crippen molar-refractivity contribution in [2.24, 2.45) is 0 Å². The Hall–Kier alpha value is -2.76. The van der Waals surface area contributed by atoms with Crippen molar-refractivity contribution in [1.29, 1.82) is 0 Å². The molecule has 0 unspecified atom stereocenters. The third-order valence-corrected chi connectivity index (χ3v) is 7.68. The fourth-order valence-corrected chi connectivity index (χ4v) is 5.98. The number of carbonyl (C=O) groups is 3. The van der Waals surface area contributed by atoms with Gasteiger partial charge in [-0.3, -0.25) is 10.1 Å². The number of urea groups is 1. The number of rotatable bonds is 6. The lowest BCUT2D eigenvalue weighted by atomic mass is 10.1. The summed E-state index contributed by atoms with van der Waals surface area (Å²) in [7, 11) is -3.79. The molecule has 166 valence electrons. The van der Waals surface area contributed by atoms with Gasteiger partial charge in [0.1, 0.15) is 9.77 Å². The zero-order valence-corrected chi connectivity index (χ0v) is 18.8. The molecule has 0 spiro atoms. The molecule has 2 heterocycles. The van der Waals surface area contributed by atoms with E-state index in [4.69, 9.17) is 4.74 Å². The molecular weight excluding hydrogens is 442 g/mol. The van der Waals surface area contributed by atoms with E-state index in [1.54, 1.807) is 6.07 Å². The van der Waals surface area contributed by atoms with Gasteiger partial charge in [-0.15, -0.1) is 11.3 Å². The third-order valence-electron chi connectivity index (χ3n) is 4.71. The van der Waals surface area contributed by atoms with Crippen molar-refractivity contribution in [3.63, 3.8) is 0 Å². The molecule has 2 N–H and O–H groups in total. The van der Waals surface area contributed by atoms with Gasteiger partial charge in [-0.2, -0.15) is 4.31 Å². The van der Waals surface area contributed by atoms with Crippen LogP contribution in [-0.2, 0) is 19.6 Å². The number of imide groups is 1. The van der Waals surface area contributed by atoms with Crippen molar-refractivity contribution in [2.75, 3.05) is 25.0 Å². The summed E-state index contributed by atoms with van der Waals surface area (Å²) in [6, 6.07) is 6.01. The Kier molecular flexibility index (Phi) is 7.08. The van der Waals surface area contributed by atoms with Crippen LogP contribution in [0, 0.1) is 13.8 Å². The largest absolute Gasteiger partial charge is 0.451 e. The van der Waals surface area contributed by atoms with E-state index in [1.807, 2.05) is 26.0 Å². The molecule has 0 aliphatic carbocycles. The monoisotopic (exact) mass is 465 g/mol. The number of nitrogens with one attached hydrogen (secondary N) is 2. The summed E-state index contributed by atoms with van der Waals surface area (Å²) in [4.78, 5) is 36.1. The Morgan fingerprint density at radius 3 is 2.52 bits per heavy atom. The van der Waals surface area contributed by atoms with Crippen LogP contribution in [0.2, 0.25) is 0 Å². The molecular formula is C20H23N3O6S2. The number of anilines is 1. The van der Waals surface area contributed by atoms with Gasteiger partial charge in [0.2, 0.25) is 10.0 Å². The Morgan fingerprint density at radius 2 is 1.84 bits per heavy atom. The van der Waals surface area contributed by atoms with E-state index < -0.39 is 34.5 Å². The zero-order chi connectivity index (χ0) is 22.6. The summed E-state index contributed by atoms with van der Waals surface area (Å²) in [6.45, 7) is 3.83. The Balaban J connectivity index is 1.56. The van der Waals surface area contributed by atoms with Gasteiger partial charge < -0.3 is 10.1 Å². The van der Waals surface area contributed by atoms with Crippen LogP contribution in [0.1, 0.15) is 33.6 Å². The molecule has 1 fully saturated rings. The molecule has 1 aliphatic rings. The van der Waals surface area contributed by atoms with E-state index in [1.165, 1.54) is 15.8 Å². The highest BCUT2D eigenvalue weighted by Crippen LogP contribution is 2.28. The van der Waals surface area contributed by atoms with Crippen LogP contribution in [0.5, 0.6) is 0 Å². The molecule has 1 saturated heterocycles. The van der Waals surface area contributed by atoms with Crippen LogP contribution in [0.25, 0.3) is 0 Å². The van der Waals surface area contributed by atoms with Gasteiger partial charge in [-0.05, 0) is 49.8 Å². The van der Waals surface area contributed by atoms with Gasteiger partial charge in [0.25, 0.3) is 5.91 Å². The number of hydrogen-bond acceptors (Lipinski definition) is 7. The van der Waals surface area contributed by atoms with Gasteiger partial charge in [0.15, 0.2) is 6.61 Å². The Morgan fingerprint density at radius 1 is 1.13 bits per heavy atom. The first kappa shape index (κ1) is 22.9. The average molecular weight is 466 g/mol. The molecule has 0 atom stereocenters. The lowest BCUT2D eigenvalue weighted by Gasteiger charge is -2.15. The number of benzene rings is 1. The van der Waals surface area contributed by atoms with Crippen molar-refractivity contribution in [1.82, 2.24) is 9.62 Å². The normalized spacial score (nSPS) is 14.3. The number of esters is 1. The number of hydrogen-bond donors (Lipinski definition) is 2. The van der Waals surface area contributed by atoms with Crippen LogP contribution in [0.3, 0.4) is 0 Å². The van der Waals surface area contributed by atoms with E-state index in [0.29, 0.717) is 18.8 Å². The molecule has 0 saturated carbocycles. The van der Waals surface area contributed by atoms with Crippen molar-refractivity contribution in [3.8, 4) is 0 Å². The Bertz CT molecular complexity index is 1100. The first-order valence-corrected chi connectivity index (χ1v) is 11.9. The van der Waals surface area contributed by atoms with E-state index in [0.717, 1.165) is 35.3 Å². The second-order valence-corrected chi connectivity index (χ2v) is 9.94. The number of thiophene rings is 1. The van der Waals surface area contributed by atoms with Gasteiger partial charge >= 0.3 is 12.0 Å². The summed E-state index contributed by atoms with van der Waals surface area (Å²) in [5.41, 5.74) is 2.41. The smallest absolute Gasteiger partial charge is 0.350 e. The van der Waals surface area contributed by atoms with Crippen LogP contribution < -0.4 is 10.6 Å². The fraction of sp³-hybridized carbons (Fsp3) is 0.350. The van der Waals surface area contributed by atoms with E-state index in [-0.39, 0.29) is 9.77 Å². The van der Waals surface area contributed by atoms with E-state index >= 15 is 0 Å². The second kappa shape index (κ2) is 9.58. The highest BCUT2D eigenvalue weighted by Gasteiger charge is 2.32. The lowest BCUT2D eigenvalue weighted by Crippen LogP contribution is -2.37. The Labute approximate surface area is 184 Å². The first-order valence-electron chi connectivity index (χ1n) is 9.61. The first-order chi connectivity index (χ1) is 14.7. The minimum atomic E-state index is -3.79. The summed E-state index contributed by atoms with van der Waals surface area (Å²) < 4.78 is 31.7. The summed E-state index contributed by atoms with van der Waals surface area (Å²) in [5, 5.41) is 6.10. The number of carbonyl (C=O) groups excluding carboxylic acids is 3. The van der Waals surface area contributed by atoms with Crippen molar-refractivity contribution < 1.29 is 27.5 Å². The topological polar surface area (TPSA) is 122 Å². The summed E-state index contributed by atoms with van der Waals surface area (Å²) in [5.74, 6) is -1.77. The van der Waals surface area contributed by atoms with Crippen LogP contribution in [0.15, 0.2) is 34.5 Å². The minimum absolute atomic E-state index is 0.0977. The standard InChI is InChI=1S/C20H23N3O6S2/c1-13-5-6-15(14(2)11-13)21-20(26)22-17(24)12-29-19(25)18-16(7-10-30-18)31(27,28)23-8-3-4-9-23/h5-7,10-11H,3-4,8-9,12H2,1-2H3,(H2,21,22,24,26). The second-order valence-electron chi connectivity index (χ2n) is 7.12. The maximum absolute atomic E-state index is 12.7. The molecule has 9 nitrogen and oxygen atoms in total. The van der Waals surface area contributed by atoms with Crippen molar-refractivity contribution >= 4 is 45.0 Å². The summed E-state index contributed by atoms with van der Waals surface area (Å²) >= 11 is 0.922. The quantitative estimate of drug-likeness (QED) is 0.633. The third kappa shape index (κ3) is 5.49. The number of nitrogens with zero attached hydrogens (tertiary/aromatic N) is 1. The lowest BCUT2D eigenvalue weighted by molar-refractivity contribution is -0.123. The molecule has 11 heteroatoms. The van der Waals surface area contributed by atoms with E-state index in [2.05, 4.69) is 10.6 Å². The van der Waals surface area contributed by atoms with Crippen LogP contribution in [0.4, 0.5) is 10.5 Å². The molecule has 1 aromatic heterocycles. The molecule has 1 aromatic carbocycles. The number of amides is 3. The highest BCUT2D eigenvalue weighted by molar-refractivity contribution is 7.89. The molecule has 1 aliphatic heterocycles. The molecule has 3 rings (SSSR count). The molecule has 0 radical (unpaired) electrons. The highest BCUT2D eigenvalue weighted by atomic mass is 32.2. The van der Waals surface area contributed by atoms with Gasteiger partial charge in [-0.25, -0.2) is 18.0 Å². The van der Waals surface area contributed by atoms with Gasteiger partial charge in [0.05, 0.1) is 0 Å². The average Bonchev–Trinajstić information content (AvgIpc) is 3.40. The molecule has 2 aromatic rings. The summed E-state index contributed by atoms with van der Waals surface area (Å²) in [6.07, 6.45) is 1.54. The molecule has 3 amide bonds. The number of ether oxygens (including phenoxy) is 1. The van der Waals surface area contributed by atoms with Crippen molar-refractivity contribution in [3.05, 3.63) is 45.6 Å². The van der Waals surface area contributed by atoms with Crippen LogP contribution >= 0.6 is 11.3 Å². The predicted octanol–water partition coefficient (Wildman–Crippen LogP) is 2.65.